The maximum absolute atomic E-state index is 12.3. The van der Waals surface area contributed by atoms with Crippen LogP contribution in [0.15, 0.2) is 24.4 Å². The number of carbonyl (C=O) groups is 1. The van der Waals surface area contributed by atoms with Crippen molar-refractivity contribution in [2.45, 2.75) is 18.8 Å². The van der Waals surface area contributed by atoms with E-state index in [0.717, 1.165) is 30.7 Å². The molecular formula is C15H18N2OS. The van der Waals surface area contributed by atoms with Gasteiger partial charge in [0.15, 0.2) is 0 Å². The van der Waals surface area contributed by atoms with Crippen LogP contribution in [-0.4, -0.2) is 29.4 Å². The molecule has 1 aliphatic heterocycles. The third-order valence-electron chi connectivity index (χ3n) is 3.82. The summed E-state index contributed by atoms with van der Waals surface area (Å²) in [7, 11) is 0. The van der Waals surface area contributed by atoms with E-state index >= 15 is 0 Å². The van der Waals surface area contributed by atoms with E-state index in [1.165, 1.54) is 16.5 Å². The third kappa shape index (κ3) is 2.25. The van der Waals surface area contributed by atoms with Gasteiger partial charge < -0.3 is 10.3 Å². The van der Waals surface area contributed by atoms with Crippen molar-refractivity contribution in [1.82, 2.24) is 10.3 Å². The maximum atomic E-state index is 12.3. The van der Waals surface area contributed by atoms with Crippen LogP contribution >= 0.6 is 11.8 Å². The lowest BCUT2D eigenvalue weighted by Gasteiger charge is -2.21. The highest BCUT2D eigenvalue weighted by Gasteiger charge is 2.25. The maximum Gasteiger partial charge on any atom is 0.227 e. The van der Waals surface area contributed by atoms with Crippen LogP contribution in [0.5, 0.6) is 0 Å². The summed E-state index contributed by atoms with van der Waals surface area (Å²) in [5, 5.41) is 4.32. The summed E-state index contributed by atoms with van der Waals surface area (Å²) >= 11 is 1.79. The first-order valence-corrected chi connectivity index (χ1v) is 8.06. The van der Waals surface area contributed by atoms with Crippen molar-refractivity contribution < 1.29 is 4.79 Å². The van der Waals surface area contributed by atoms with Crippen LogP contribution in [-0.2, 0) is 11.2 Å². The Morgan fingerprint density at radius 1 is 1.42 bits per heavy atom. The highest BCUT2D eigenvalue weighted by molar-refractivity contribution is 7.98. The first-order valence-electron chi connectivity index (χ1n) is 6.67. The number of carbonyl (C=O) groups excluding carboxylic acids is 1. The van der Waals surface area contributed by atoms with E-state index in [9.17, 15) is 4.79 Å². The Bertz CT molecular complexity index is 605. The van der Waals surface area contributed by atoms with E-state index in [1.807, 2.05) is 6.07 Å². The second kappa shape index (κ2) is 5.29. The van der Waals surface area contributed by atoms with Crippen molar-refractivity contribution in [2.75, 3.05) is 18.6 Å². The molecule has 1 atom stereocenters. The lowest BCUT2D eigenvalue weighted by Crippen LogP contribution is -2.32. The third-order valence-corrected chi connectivity index (χ3v) is 4.46. The van der Waals surface area contributed by atoms with Crippen LogP contribution in [0.4, 0.5) is 0 Å². The van der Waals surface area contributed by atoms with Crippen LogP contribution < -0.4 is 5.32 Å². The number of aromatic nitrogens is 1. The van der Waals surface area contributed by atoms with Crippen LogP contribution in [0.3, 0.4) is 0 Å². The molecule has 19 heavy (non-hydrogen) atoms. The van der Waals surface area contributed by atoms with Crippen LogP contribution in [0.1, 0.15) is 23.5 Å². The molecule has 0 fully saturated rings. The van der Waals surface area contributed by atoms with E-state index in [0.29, 0.717) is 0 Å². The summed E-state index contributed by atoms with van der Waals surface area (Å²) in [5.41, 5.74) is 3.65. The molecule has 0 radical (unpaired) electrons. The topological polar surface area (TPSA) is 44.9 Å². The summed E-state index contributed by atoms with van der Waals surface area (Å²) in [5.74, 6) is 1.16. The molecule has 2 N–H and O–H groups in total. The van der Waals surface area contributed by atoms with E-state index in [1.54, 1.807) is 11.8 Å². The van der Waals surface area contributed by atoms with Gasteiger partial charge in [-0.2, -0.15) is 11.8 Å². The first kappa shape index (κ1) is 12.6. The van der Waals surface area contributed by atoms with Gasteiger partial charge in [-0.05, 0) is 42.0 Å². The van der Waals surface area contributed by atoms with Crippen LogP contribution in [0, 0.1) is 0 Å². The molecule has 0 bridgehead atoms. The van der Waals surface area contributed by atoms with E-state index in [2.05, 4.69) is 34.9 Å². The Labute approximate surface area is 117 Å². The van der Waals surface area contributed by atoms with Gasteiger partial charge in [0.05, 0.1) is 5.92 Å². The molecule has 0 saturated heterocycles. The van der Waals surface area contributed by atoms with E-state index in [-0.39, 0.29) is 11.8 Å². The normalized spacial score (nSPS) is 19.0. The minimum Gasteiger partial charge on any atom is -0.361 e. The minimum absolute atomic E-state index is 0.0222. The van der Waals surface area contributed by atoms with Crippen molar-refractivity contribution in [3.8, 4) is 0 Å². The van der Waals surface area contributed by atoms with Gasteiger partial charge >= 0.3 is 0 Å². The molecule has 0 aliphatic carbocycles. The summed E-state index contributed by atoms with van der Waals surface area (Å²) in [4.78, 5) is 15.6. The number of benzene rings is 1. The SMILES string of the molecule is CSCCC1C(=O)NCCc2c[nH]c3cccc1c23. The summed E-state index contributed by atoms with van der Waals surface area (Å²) in [6.07, 6.45) is 5.97. The van der Waals surface area contributed by atoms with Gasteiger partial charge in [-0.3, -0.25) is 4.79 Å². The van der Waals surface area contributed by atoms with Crippen molar-refractivity contribution in [3.05, 3.63) is 35.5 Å². The summed E-state index contributed by atoms with van der Waals surface area (Å²) in [6, 6.07) is 6.24. The molecule has 0 saturated carbocycles. The lowest BCUT2D eigenvalue weighted by molar-refractivity contribution is -0.122. The Balaban J connectivity index is 2.13. The first-order chi connectivity index (χ1) is 9.31. The van der Waals surface area contributed by atoms with Crippen molar-refractivity contribution in [3.63, 3.8) is 0 Å². The molecule has 1 unspecified atom stereocenters. The molecule has 1 aromatic carbocycles. The highest BCUT2D eigenvalue weighted by Crippen LogP contribution is 2.32. The minimum atomic E-state index is -0.0222. The van der Waals surface area contributed by atoms with Gasteiger partial charge in [0, 0.05) is 23.6 Å². The Hall–Kier alpha value is -1.42. The molecule has 1 aliphatic rings. The Morgan fingerprint density at radius 3 is 3.16 bits per heavy atom. The molecule has 100 valence electrons. The average Bonchev–Trinajstić information content (AvgIpc) is 2.82. The number of thioether (sulfide) groups is 1. The van der Waals surface area contributed by atoms with Crippen molar-refractivity contribution >= 4 is 28.6 Å². The van der Waals surface area contributed by atoms with Crippen molar-refractivity contribution in [1.29, 1.82) is 0 Å². The zero-order valence-electron chi connectivity index (χ0n) is 11.0. The number of aromatic amines is 1. The predicted molar refractivity (Wildman–Crippen MR) is 80.8 cm³/mol. The number of amides is 1. The largest absolute Gasteiger partial charge is 0.361 e. The highest BCUT2D eigenvalue weighted by atomic mass is 32.2. The molecule has 3 rings (SSSR count). The van der Waals surface area contributed by atoms with Crippen LogP contribution in [0.25, 0.3) is 10.9 Å². The molecule has 2 aromatic rings. The quantitative estimate of drug-likeness (QED) is 0.904. The fourth-order valence-corrected chi connectivity index (χ4v) is 3.35. The van der Waals surface area contributed by atoms with E-state index < -0.39 is 0 Å². The van der Waals surface area contributed by atoms with Gasteiger partial charge in [0.25, 0.3) is 0 Å². The number of hydrogen-bond donors (Lipinski definition) is 2. The van der Waals surface area contributed by atoms with Gasteiger partial charge in [-0.15, -0.1) is 0 Å². The monoisotopic (exact) mass is 274 g/mol. The molecular weight excluding hydrogens is 256 g/mol. The number of rotatable bonds is 3. The summed E-state index contributed by atoms with van der Waals surface area (Å²) in [6.45, 7) is 0.732. The average molecular weight is 274 g/mol. The number of nitrogens with one attached hydrogen (secondary N) is 2. The van der Waals surface area contributed by atoms with Gasteiger partial charge in [0.1, 0.15) is 0 Å². The fraction of sp³-hybridized carbons (Fsp3) is 0.400. The van der Waals surface area contributed by atoms with E-state index in [4.69, 9.17) is 0 Å². The molecule has 2 heterocycles. The zero-order valence-corrected chi connectivity index (χ0v) is 11.8. The summed E-state index contributed by atoms with van der Waals surface area (Å²) < 4.78 is 0. The van der Waals surface area contributed by atoms with Crippen LogP contribution in [0.2, 0.25) is 0 Å². The Morgan fingerprint density at radius 2 is 2.32 bits per heavy atom. The standard InChI is InChI=1S/C15H18N2OS/c1-19-8-6-12-11-3-2-4-13-14(11)10(9-17-13)5-7-16-15(12)18/h2-4,9,12,17H,5-8H2,1H3,(H,16,18). The van der Waals surface area contributed by atoms with Gasteiger partial charge in [-0.25, -0.2) is 0 Å². The molecule has 3 nitrogen and oxygen atoms in total. The Kier molecular flexibility index (Phi) is 3.51. The second-order valence-electron chi connectivity index (χ2n) is 4.96. The molecule has 4 heteroatoms. The zero-order chi connectivity index (χ0) is 13.2. The molecule has 1 aromatic heterocycles. The smallest absolute Gasteiger partial charge is 0.227 e. The number of hydrogen-bond acceptors (Lipinski definition) is 2. The predicted octanol–water partition coefficient (Wildman–Crippen LogP) is 2.68. The number of H-pyrrole nitrogens is 1. The fourth-order valence-electron chi connectivity index (χ4n) is 2.88. The van der Waals surface area contributed by atoms with Gasteiger partial charge in [-0.1, -0.05) is 12.1 Å². The molecule has 0 spiro atoms. The second-order valence-corrected chi connectivity index (χ2v) is 5.94. The van der Waals surface area contributed by atoms with Gasteiger partial charge in [0.2, 0.25) is 5.91 Å². The molecule has 1 amide bonds. The lowest BCUT2D eigenvalue weighted by atomic mass is 9.89. The van der Waals surface area contributed by atoms with Crippen molar-refractivity contribution in [2.24, 2.45) is 0 Å².